The van der Waals surface area contributed by atoms with Crippen molar-refractivity contribution in [3.05, 3.63) is 35.9 Å². The third-order valence-corrected chi connectivity index (χ3v) is 3.93. The van der Waals surface area contributed by atoms with Gasteiger partial charge in [-0.05, 0) is 17.9 Å². The molecule has 2 rings (SSSR count). The molecule has 1 amide bonds. The van der Waals surface area contributed by atoms with Gasteiger partial charge in [-0.1, -0.05) is 37.3 Å². The summed E-state index contributed by atoms with van der Waals surface area (Å²) in [7, 11) is 1.70. The summed E-state index contributed by atoms with van der Waals surface area (Å²) in [5.74, 6) is 0.474. The monoisotopic (exact) mass is 298 g/mol. The number of amides is 1. The molecule has 1 heterocycles. The molecule has 3 atom stereocenters. The number of rotatable bonds is 3. The summed E-state index contributed by atoms with van der Waals surface area (Å²) in [6.45, 7) is 3.56. The molecule has 0 bridgehead atoms. The summed E-state index contributed by atoms with van der Waals surface area (Å²) in [5.41, 5.74) is 6.92. The first-order valence-electron chi connectivity index (χ1n) is 6.75. The van der Waals surface area contributed by atoms with Crippen molar-refractivity contribution in [3.8, 4) is 0 Å². The van der Waals surface area contributed by atoms with E-state index in [9.17, 15) is 4.79 Å². The van der Waals surface area contributed by atoms with Crippen LogP contribution in [0, 0.1) is 5.92 Å². The number of likely N-dealkylation sites (tertiary alicyclic amines) is 1. The van der Waals surface area contributed by atoms with E-state index in [4.69, 9.17) is 10.5 Å². The summed E-state index contributed by atoms with van der Waals surface area (Å²) < 4.78 is 5.43. The lowest BCUT2D eigenvalue weighted by atomic mass is 9.95. The fourth-order valence-electron chi connectivity index (χ4n) is 2.54. The average Bonchev–Trinajstić information content (AvgIpc) is 2.47. The molecule has 112 valence electrons. The Morgan fingerprint density at radius 1 is 1.40 bits per heavy atom. The van der Waals surface area contributed by atoms with Crippen LogP contribution < -0.4 is 5.73 Å². The quantitative estimate of drug-likeness (QED) is 0.928. The van der Waals surface area contributed by atoms with Crippen molar-refractivity contribution in [2.75, 3.05) is 20.2 Å². The number of piperidine rings is 1. The second-order valence-electron chi connectivity index (χ2n) is 5.21. The number of hydrogen-bond donors (Lipinski definition) is 1. The normalized spacial score (nSPS) is 23.9. The van der Waals surface area contributed by atoms with Crippen LogP contribution in [0.15, 0.2) is 30.3 Å². The fourth-order valence-corrected chi connectivity index (χ4v) is 2.54. The molecule has 1 fully saturated rings. The molecule has 0 aromatic heterocycles. The lowest BCUT2D eigenvalue weighted by molar-refractivity contribution is -0.137. The SMILES string of the molecule is COC1CN(C(=O)C(N)c2ccccc2)CCC1C.Cl. The molecule has 0 aliphatic carbocycles. The average molecular weight is 299 g/mol. The molecule has 2 N–H and O–H groups in total. The molecule has 1 aromatic carbocycles. The first kappa shape index (κ1) is 17.0. The molecule has 20 heavy (non-hydrogen) atoms. The van der Waals surface area contributed by atoms with E-state index in [2.05, 4.69) is 6.92 Å². The molecule has 1 aliphatic rings. The van der Waals surface area contributed by atoms with Crippen molar-refractivity contribution in [3.63, 3.8) is 0 Å². The van der Waals surface area contributed by atoms with Crippen molar-refractivity contribution >= 4 is 18.3 Å². The maximum Gasteiger partial charge on any atom is 0.244 e. The molecular formula is C15H23ClN2O2. The molecule has 1 aliphatic heterocycles. The largest absolute Gasteiger partial charge is 0.379 e. The topological polar surface area (TPSA) is 55.6 Å². The minimum Gasteiger partial charge on any atom is -0.379 e. The minimum absolute atomic E-state index is 0. The summed E-state index contributed by atoms with van der Waals surface area (Å²) in [6.07, 6.45) is 1.08. The number of hydrogen-bond acceptors (Lipinski definition) is 3. The maximum absolute atomic E-state index is 12.4. The van der Waals surface area contributed by atoms with Crippen LogP contribution in [0.5, 0.6) is 0 Å². The Hall–Kier alpha value is -1.10. The van der Waals surface area contributed by atoms with Gasteiger partial charge in [0.2, 0.25) is 5.91 Å². The van der Waals surface area contributed by atoms with Crippen LogP contribution in [-0.2, 0) is 9.53 Å². The van der Waals surface area contributed by atoms with Crippen molar-refractivity contribution in [1.29, 1.82) is 0 Å². The number of methoxy groups -OCH3 is 1. The maximum atomic E-state index is 12.4. The first-order chi connectivity index (χ1) is 9.13. The molecule has 1 aromatic rings. The highest BCUT2D eigenvalue weighted by Gasteiger charge is 2.31. The molecule has 4 nitrogen and oxygen atoms in total. The second kappa shape index (κ2) is 7.62. The highest BCUT2D eigenvalue weighted by molar-refractivity contribution is 5.85. The van der Waals surface area contributed by atoms with E-state index < -0.39 is 6.04 Å². The van der Waals surface area contributed by atoms with Crippen LogP contribution in [-0.4, -0.2) is 37.1 Å². The lowest BCUT2D eigenvalue weighted by Crippen LogP contribution is -2.49. The second-order valence-corrected chi connectivity index (χ2v) is 5.21. The Morgan fingerprint density at radius 2 is 2.05 bits per heavy atom. The number of carbonyl (C=O) groups excluding carboxylic acids is 1. The van der Waals surface area contributed by atoms with Gasteiger partial charge >= 0.3 is 0 Å². The van der Waals surface area contributed by atoms with Gasteiger partial charge in [0.05, 0.1) is 6.10 Å². The van der Waals surface area contributed by atoms with Crippen LogP contribution in [0.1, 0.15) is 24.9 Å². The fraction of sp³-hybridized carbons (Fsp3) is 0.533. The van der Waals surface area contributed by atoms with E-state index in [0.717, 1.165) is 18.5 Å². The van der Waals surface area contributed by atoms with E-state index in [-0.39, 0.29) is 24.4 Å². The number of halogens is 1. The van der Waals surface area contributed by atoms with Gasteiger partial charge in [-0.2, -0.15) is 0 Å². The highest BCUT2D eigenvalue weighted by Crippen LogP contribution is 2.22. The van der Waals surface area contributed by atoms with Crippen molar-refractivity contribution < 1.29 is 9.53 Å². The molecule has 0 saturated carbocycles. The number of nitrogens with two attached hydrogens (primary N) is 1. The number of nitrogens with zero attached hydrogens (tertiary/aromatic N) is 1. The van der Waals surface area contributed by atoms with Gasteiger partial charge in [0.25, 0.3) is 0 Å². The highest BCUT2D eigenvalue weighted by atomic mass is 35.5. The van der Waals surface area contributed by atoms with E-state index in [0.29, 0.717) is 12.5 Å². The molecule has 1 saturated heterocycles. The van der Waals surface area contributed by atoms with E-state index in [1.165, 1.54) is 0 Å². The van der Waals surface area contributed by atoms with Crippen molar-refractivity contribution in [2.45, 2.75) is 25.5 Å². The van der Waals surface area contributed by atoms with Crippen LogP contribution in [0.2, 0.25) is 0 Å². The zero-order valence-corrected chi connectivity index (χ0v) is 12.8. The summed E-state index contributed by atoms with van der Waals surface area (Å²) in [5, 5.41) is 0. The Labute approximate surface area is 126 Å². The molecule has 3 unspecified atom stereocenters. The third-order valence-electron chi connectivity index (χ3n) is 3.93. The van der Waals surface area contributed by atoms with Crippen molar-refractivity contribution in [2.24, 2.45) is 11.7 Å². The van der Waals surface area contributed by atoms with Gasteiger partial charge in [0.15, 0.2) is 0 Å². The van der Waals surface area contributed by atoms with Crippen LogP contribution in [0.3, 0.4) is 0 Å². The van der Waals surface area contributed by atoms with Gasteiger partial charge < -0.3 is 15.4 Å². The van der Waals surface area contributed by atoms with Gasteiger partial charge in [0, 0.05) is 20.2 Å². The summed E-state index contributed by atoms with van der Waals surface area (Å²) in [4.78, 5) is 14.2. The number of benzene rings is 1. The standard InChI is InChI=1S/C15H22N2O2.ClH/c1-11-8-9-17(10-13(11)19-2)15(18)14(16)12-6-4-3-5-7-12;/h3-7,11,13-14H,8-10,16H2,1-2H3;1H. The zero-order valence-electron chi connectivity index (χ0n) is 12.0. The van der Waals surface area contributed by atoms with Crippen LogP contribution >= 0.6 is 12.4 Å². The molecule has 0 radical (unpaired) electrons. The lowest BCUT2D eigenvalue weighted by Gasteiger charge is -2.37. The van der Waals surface area contributed by atoms with E-state index >= 15 is 0 Å². The summed E-state index contributed by atoms with van der Waals surface area (Å²) >= 11 is 0. The number of carbonyl (C=O) groups is 1. The summed E-state index contributed by atoms with van der Waals surface area (Å²) in [6, 6.07) is 8.93. The minimum atomic E-state index is -0.577. The Bertz CT molecular complexity index is 427. The predicted octanol–water partition coefficient (Wildman–Crippen LogP) is 1.99. The van der Waals surface area contributed by atoms with Gasteiger partial charge in [-0.25, -0.2) is 0 Å². The third kappa shape index (κ3) is 3.72. The Balaban J connectivity index is 0.00000200. The van der Waals surface area contributed by atoms with Crippen LogP contribution in [0.4, 0.5) is 0 Å². The van der Waals surface area contributed by atoms with Gasteiger partial charge in [-0.3, -0.25) is 4.79 Å². The molecule has 5 heteroatoms. The van der Waals surface area contributed by atoms with E-state index in [1.807, 2.05) is 35.2 Å². The first-order valence-corrected chi connectivity index (χ1v) is 6.75. The molecule has 0 spiro atoms. The van der Waals surface area contributed by atoms with Gasteiger partial charge in [0.1, 0.15) is 6.04 Å². The zero-order chi connectivity index (χ0) is 13.8. The molecular weight excluding hydrogens is 276 g/mol. The Morgan fingerprint density at radius 3 is 2.65 bits per heavy atom. The van der Waals surface area contributed by atoms with E-state index in [1.54, 1.807) is 7.11 Å². The van der Waals surface area contributed by atoms with Gasteiger partial charge in [-0.15, -0.1) is 12.4 Å². The Kier molecular flexibility index (Phi) is 6.46. The predicted molar refractivity (Wildman–Crippen MR) is 81.8 cm³/mol. The van der Waals surface area contributed by atoms with Crippen molar-refractivity contribution in [1.82, 2.24) is 4.90 Å². The number of ether oxygens (including phenoxy) is 1. The smallest absolute Gasteiger partial charge is 0.244 e. The van der Waals surface area contributed by atoms with Crippen LogP contribution in [0.25, 0.3) is 0 Å².